The second kappa shape index (κ2) is 8.19. The normalized spacial score (nSPS) is 19.4. The number of morpholine rings is 1. The zero-order chi connectivity index (χ0) is 14.9. The zero-order valence-corrected chi connectivity index (χ0v) is 12.1. The minimum atomic E-state index is 0.0386. The van der Waals surface area contributed by atoms with Gasteiger partial charge in [0.1, 0.15) is 6.10 Å². The van der Waals surface area contributed by atoms with E-state index >= 15 is 0 Å². The number of nitrogens with zero attached hydrogens (tertiary/aromatic N) is 1. The molecule has 2 N–H and O–H groups in total. The van der Waals surface area contributed by atoms with Gasteiger partial charge in [0, 0.05) is 18.8 Å². The van der Waals surface area contributed by atoms with Crippen molar-refractivity contribution >= 4 is 5.69 Å². The summed E-state index contributed by atoms with van der Waals surface area (Å²) < 4.78 is 5.68. The molecule has 2 rings (SSSR count). The standard InChI is InChI=1S/C17H21N3O/c1-3-5-7-14(6-4-2)20-15-8-9-16(19-12-15)17-13-18-10-11-21-17/h3-9,12,17-18,20H,1-2,10-11,13H2/b7-5-,14-6+. The fourth-order valence-electron chi connectivity index (χ4n) is 2.03. The third-order valence-corrected chi connectivity index (χ3v) is 3.04. The van der Waals surface area contributed by atoms with E-state index in [9.17, 15) is 0 Å². The van der Waals surface area contributed by atoms with E-state index in [1.807, 2.05) is 36.6 Å². The topological polar surface area (TPSA) is 46.2 Å². The van der Waals surface area contributed by atoms with E-state index in [0.717, 1.165) is 36.8 Å². The Balaban J connectivity index is 2.03. The summed E-state index contributed by atoms with van der Waals surface area (Å²) in [6.07, 6.45) is 11.0. The highest BCUT2D eigenvalue weighted by atomic mass is 16.5. The van der Waals surface area contributed by atoms with E-state index in [0.29, 0.717) is 0 Å². The first-order chi connectivity index (χ1) is 10.3. The molecule has 1 saturated heterocycles. The van der Waals surface area contributed by atoms with Gasteiger partial charge < -0.3 is 15.4 Å². The maximum Gasteiger partial charge on any atom is 0.112 e. The second-order valence-electron chi connectivity index (χ2n) is 4.61. The van der Waals surface area contributed by atoms with Crippen LogP contribution in [0.2, 0.25) is 0 Å². The lowest BCUT2D eigenvalue weighted by molar-refractivity contribution is 0.0250. The summed E-state index contributed by atoms with van der Waals surface area (Å²) in [5.41, 5.74) is 2.79. The van der Waals surface area contributed by atoms with Crippen LogP contribution in [0.4, 0.5) is 5.69 Å². The predicted molar refractivity (Wildman–Crippen MR) is 87.0 cm³/mol. The number of pyridine rings is 1. The van der Waals surface area contributed by atoms with Crippen molar-refractivity contribution in [3.8, 4) is 0 Å². The van der Waals surface area contributed by atoms with Crippen molar-refractivity contribution in [3.05, 3.63) is 73.3 Å². The summed E-state index contributed by atoms with van der Waals surface area (Å²) in [7, 11) is 0. The van der Waals surface area contributed by atoms with Crippen LogP contribution >= 0.6 is 0 Å². The number of hydrogen-bond donors (Lipinski definition) is 2. The number of ether oxygens (including phenoxy) is 1. The molecule has 21 heavy (non-hydrogen) atoms. The SMILES string of the molecule is C=C/C=C\C(=C/C=C)Nc1ccc(C2CNCCO2)nc1. The quantitative estimate of drug-likeness (QED) is 0.788. The van der Waals surface area contributed by atoms with Crippen molar-refractivity contribution in [1.82, 2.24) is 10.3 Å². The van der Waals surface area contributed by atoms with E-state index in [-0.39, 0.29) is 6.10 Å². The molecule has 4 nitrogen and oxygen atoms in total. The van der Waals surface area contributed by atoms with Crippen molar-refractivity contribution in [2.75, 3.05) is 25.0 Å². The predicted octanol–water partition coefficient (Wildman–Crippen LogP) is 2.97. The van der Waals surface area contributed by atoms with Gasteiger partial charge in [0.2, 0.25) is 0 Å². The molecule has 1 unspecified atom stereocenters. The average Bonchev–Trinajstić information content (AvgIpc) is 2.54. The molecule has 0 spiro atoms. The highest BCUT2D eigenvalue weighted by Crippen LogP contribution is 2.18. The van der Waals surface area contributed by atoms with Gasteiger partial charge >= 0.3 is 0 Å². The minimum Gasteiger partial charge on any atom is -0.369 e. The molecule has 0 radical (unpaired) electrons. The van der Waals surface area contributed by atoms with E-state index in [4.69, 9.17) is 4.74 Å². The summed E-state index contributed by atoms with van der Waals surface area (Å²) in [4.78, 5) is 4.47. The van der Waals surface area contributed by atoms with Crippen LogP contribution in [0.15, 0.2) is 67.6 Å². The Morgan fingerprint density at radius 2 is 2.29 bits per heavy atom. The van der Waals surface area contributed by atoms with Gasteiger partial charge in [-0.25, -0.2) is 0 Å². The maximum atomic E-state index is 5.68. The lowest BCUT2D eigenvalue weighted by atomic mass is 10.2. The van der Waals surface area contributed by atoms with Crippen LogP contribution in [-0.4, -0.2) is 24.7 Å². The number of aromatic nitrogens is 1. The molecule has 0 amide bonds. The summed E-state index contributed by atoms with van der Waals surface area (Å²) in [6.45, 7) is 9.81. The van der Waals surface area contributed by atoms with Gasteiger partial charge in [-0.1, -0.05) is 31.4 Å². The zero-order valence-electron chi connectivity index (χ0n) is 12.1. The minimum absolute atomic E-state index is 0.0386. The van der Waals surface area contributed by atoms with Crippen molar-refractivity contribution in [2.24, 2.45) is 0 Å². The van der Waals surface area contributed by atoms with Crippen molar-refractivity contribution in [3.63, 3.8) is 0 Å². The molecule has 1 aliphatic heterocycles. The molecular formula is C17H21N3O. The molecule has 110 valence electrons. The Morgan fingerprint density at radius 1 is 1.38 bits per heavy atom. The first kappa shape index (κ1) is 15.2. The molecule has 1 aromatic rings. The second-order valence-corrected chi connectivity index (χ2v) is 4.61. The summed E-state index contributed by atoms with van der Waals surface area (Å²) in [6, 6.07) is 3.99. The number of rotatable bonds is 6. The molecule has 4 heteroatoms. The summed E-state index contributed by atoms with van der Waals surface area (Å²) >= 11 is 0. The number of hydrogen-bond acceptors (Lipinski definition) is 4. The molecule has 2 heterocycles. The van der Waals surface area contributed by atoms with Gasteiger partial charge in [0.25, 0.3) is 0 Å². The van der Waals surface area contributed by atoms with E-state index < -0.39 is 0 Å². The smallest absolute Gasteiger partial charge is 0.112 e. The van der Waals surface area contributed by atoms with Crippen LogP contribution in [0.3, 0.4) is 0 Å². The summed E-state index contributed by atoms with van der Waals surface area (Å²) in [5.74, 6) is 0. The molecule has 1 aliphatic rings. The van der Waals surface area contributed by atoms with Crippen LogP contribution in [0.5, 0.6) is 0 Å². The molecule has 1 aromatic heterocycles. The Bertz CT molecular complexity index is 525. The van der Waals surface area contributed by atoms with E-state index in [2.05, 4.69) is 28.8 Å². The van der Waals surface area contributed by atoms with Crippen molar-refractivity contribution < 1.29 is 4.74 Å². The van der Waals surface area contributed by atoms with Gasteiger partial charge in [-0.3, -0.25) is 4.98 Å². The van der Waals surface area contributed by atoms with Gasteiger partial charge in [0.15, 0.2) is 0 Å². The molecule has 1 fully saturated rings. The van der Waals surface area contributed by atoms with Gasteiger partial charge in [-0.2, -0.15) is 0 Å². The largest absolute Gasteiger partial charge is 0.369 e. The number of allylic oxidation sites excluding steroid dienone is 5. The third-order valence-electron chi connectivity index (χ3n) is 3.04. The first-order valence-electron chi connectivity index (χ1n) is 7.00. The van der Waals surface area contributed by atoms with Crippen LogP contribution in [0.25, 0.3) is 0 Å². The number of anilines is 1. The first-order valence-corrected chi connectivity index (χ1v) is 7.00. The Kier molecular flexibility index (Phi) is 5.94. The van der Waals surface area contributed by atoms with Crippen LogP contribution < -0.4 is 10.6 Å². The van der Waals surface area contributed by atoms with Crippen LogP contribution in [0.1, 0.15) is 11.8 Å². The Hall–Kier alpha value is -2.17. The average molecular weight is 283 g/mol. The molecule has 1 atom stereocenters. The fraction of sp³-hybridized carbons (Fsp3) is 0.235. The van der Waals surface area contributed by atoms with Crippen molar-refractivity contribution in [2.45, 2.75) is 6.10 Å². The lowest BCUT2D eigenvalue weighted by Crippen LogP contribution is -2.33. The van der Waals surface area contributed by atoms with Crippen LogP contribution in [-0.2, 0) is 4.74 Å². The van der Waals surface area contributed by atoms with Crippen molar-refractivity contribution in [1.29, 1.82) is 0 Å². The summed E-state index contributed by atoms with van der Waals surface area (Å²) in [5, 5.41) is 6.58. The highest BCUT2D eigenvalue weighted by Gasteiger charge is 2.16. The Morgan fingerprint density at radius 3 is 2.90 bits per heavy atom. The highest BCUT2D eigenvalue weighted by molar-refractivity contribution is 5.50. The third kappa shape index (κ3) is 4.70. The molecule has 0 aliphatic carbocycles. The van der Waals surface area contributed by atoms with Gasteiger partial charge in [-0.15, -0.1) is 0 Å². The molecule has 0 saturated carbocycles. The van der Waals surface area contributed by atoms with E-state index in [1.165, 1.54) is 0 Å². The Labute approximate surface area is 125 Å². The van der Waals surface area contributed by atoms with E-state index in [1.54, 1.807) is 12.2 Å². The monoisotopic (exact) mass is 283 g/mol. The molecule has 0 aromatic carbocycles. The van der Waals surface area contributed by atoms with Gasteiger partial charge in [-0.05, 0) is 24.3 Å². The van der Waals surface area contributed by atoms with Gasteiger partial charge in [0.05, 0.1) is 24.2 Å². The van der Waals surface area contributed by atoms with Crippen LogP contribution in [0, 0.1) is 0 Å². The molecular weight excluding hydrogens is 262 g/mol. The number of nitrogens with one attached hydrogen (secondary N) is 2. The maximum absolute atomic E-state index is 5.68. The fourth-order valence-corrected chi connectivity index (χ4v) is 2.03. The molecule has 0 bridgehead atoms. The lowest BCUT2D eigenvalue weighted by Gasteiger charge is -2.23.